The van der Waals surface area contributed by atoms with Gasteiger partial charge in [-0.2, -0.15) is 0 Å². The lowest BCUT2D eigenvalue weighted by Crippen LogP contribution is -2.28. The van der Waals surface area contributed by atoms with Crippen LogP contribution in [0.15, 0.2) is 54.6 Å². The lowest BCUT2D eigenvalue weighted by molar-refractivity contribution is 0.252. The van der Waals surface area contributed by atoms with Crippen molar-refractivity contribution < 1.29 is 4.79 Å². The van der Waals surface area contributed by atoms with Crippen LogP contribution in [-0.2, 0) is 6.54 Å². The highest BCUT2D eigenvalue weighted by atomic mass is 16.2. The molecule has 4 nitrogen and oxygen atoms in total. The molecular formula is C17H17N3O. The minimum Gasteiger partial charge on any atom is -0.358 e. The number of nitrogens with one attached hydrogen (secondary N) is 3. The number of hydrogen-bond donors (Lipinski definition) is 3. The van der Waals surface area contributed by atoms with Crippen LogP contribution < -0.4 is 10.6 Å². The van der Waals surface area contributed by atoms with Gasteiger partial charge in [-0.25, -0.2) is 4.79 Å². The van der Waals surface area contributed by atoms with E-state index in [4.69, 9.17) is 0 Å². The van der Waals surface area contributed by atoms with Gasteiger partial charge in [0, 0.05) is 28.8 Å². The van der Waals surface area contributed by atoms with Crippen molar-refractivity contribution in [3.8, 4) is 0 Å². The Labute approximate surface area is 123 Å². The molecular weight excluding hydrogens is 262 g/mol. The molecule has 3 aromatic rings. The number of carbonyl (C=O) groups is 1. The van der Waals surface area contributed by atoms with Crippen molar-refractivity contribution in [3.05, 3.63) is 65.9 Å². The van der Waals surface area contributed by atoms with Crippen molar-refractivity contribution in [2.45, 2.75) is 13.5 Å². The monoisotopic (exact) mass is 279 g/mol. The Morgan fingerprint density at radius 2 is 1.76 bits per heavy atom. The quantitative estimate of drug-likeness (QED) is 0.671. The van der Waals surface area contributed by atoms with Crippen molar-refractivity contribution in [1.29, 1.82) is 0 Å². The lowest BCUT2D eigenvalue weighted by atomic mass is 10.1. The fourth-order valence-corrected chi connectivity index (χ4v) is 2.43. The Morgan fingerprint density at radius 1 is 1.05 bits per heavy atom. The summed E-state index contributed by atoms with van der Waals surface area (Å²) in [5.41, 5.74) is 4.07. The first-order chi connectivity index (χ1) is 10.2. The van der Waals surface area contributed by atoms with Gasteiger partial charge in [0.1, 0.15) is 0 Å². The molecule has 21 heavy (non-hydrogen) atoms. The maximum atomic E-state index is 11.9. The first kappa shape index (κ1) is 13.2. The van der Waals surface area contributed by atoms with Gasteiger partial charge < -0.3 is 15.6 Å². The molecule has 1 heterocycles. The normalized spacial score (nSPS) is 10.5. The number of para-hydroxylation sites is 2. The van der Waals surface area contributed by atoms with Gasteiger partial charge in [-0.05, 0) is 30.7 Å². The summed E-state index contributed by atoms with van der Waals surface area (Å²) < 4.78 is 0. The number of aromatic amines is 1. The second kappa shape index (κ2) is 5.71. The van der Waals surface area contributed by atoms with E-state index in [2.05, 4.69) is 21.7 Å². The van der Waals surface area contributed by atoms with Crippen molar-refractivity contribution in [2.24, 2.45) is 0 Å². The van der Waals surface area contributed by atoms with Gasteiger partial charge >= 0.3 is 6.03 Å². The zero-order valence-electron chi connectivity index (χ0n) is 11.8. The molecule has 0 fully saturated rings. The molecule has 106 valence electrons. The van der Waals surface area contributed by atoms with Gasteiger partial charge in [-0.1, -0.05) is 36.4 Å². The number of H-pyrrole nitrogens is 1. The van der Waals surface area contributed by atoms with Crippen LogP contribution in [-0.4, -0.2) is 11.0 Å². The third kappa shape index (κ3) is 2.89. The SMILES string of the molecule is Cc1[nH]c2ccccc2c1CNC(=O)Nc1ccccc1. The molecule has 3 rings (SSSR count). The molecule has 0 atom stereocenters. The van der Waals surface area contributed by atoms with Gasteiger partial charge in [0.2, 0.25) is 0 Å². The Balaban J connectivity index is 1.69. The van der Waals surface area contributed by atoms with E-state index in [0.29, 0.717) is 6.54 Å². The second-order valence-electron chi connectivity index (χ2n) is 4.95. The molecule has 0 aliphatic carbocycles. The minimum absolute atomic E-state index is 0.203. The molecule has 2 amide bonds. The van der Waals surface area contributed by atoms with E-state index in [0.717, 1.165) is 27.8 Å². The predicted octanol–water partition coefficient (Wildman–Crippen LogP) is 3.80. The van der Waals surface area contributed by atoms with Gasteiger partial charge in [-0.15, -0.1) is 0 Å². The molecule has 0 unspecified atom stereocenters. The highest BCUT2D eigenvalue weighted by molar-refractivity contribution is 5.90. The number of urea groups is 1. The summed E-state index contributed by atoms with van der Waals surface area (Å²) in [5.74, 6) is 0. The van der Waals surface area contributed by atoms with E-state index >= 15 is 0 Å². The molecule has 0 radical (unpaired) electrons. The molecule has 4 heteroatoms. The lowest BCUT2D eigenvalue weighted by Gasteiger charge is -2.07. The van der Waals surface area contributed by atoms with Gasteiger partial charge in [0.15, 0.2) is 0 Å². The number of carbonyl (C=O) groups excluding carboxylic acids is 1. The first-order valence-electron chi connectivity index (χ1n) is 6.90. The topological polar surface area (TPSA) is 56.9 Å². The Morgan fingerprint density at radius 3 is 2.57 bits per heavy atom. The van der Waals surface area contributed by atoms with Crippen molar-refractivity contribution >= 4 is 22.6 Å². The standard InChI is InChI=1S/C17H17N3O/c1-12-15(14-9-5-6-10-16(14)19-12)11-18-17(21)20-13-7-3-2-4-8-13/h2-10,19H,11H2,1H3,(H2,18,20,21). The average molecular weight is 279 g/mol. The largest absolute Gasteiger partial charge is 0.358 e. The molecule has 0 aliphatic heterocycles. The van der Waals surface area contributed by atoms with Gasteiger partial charge in [0.05, 0.1) is 0 Å². The maximum absolute atomic E-state index is 11.9. The molecule has 2 aromatic carbocycles. The van der Waals surface area contributed by atoms with E-state index in [9.17, 15) is 4.79 Å². The highest BCUT2D eigenvalue weighted by Crippen LogP contribution is 2.21. The molecule has 0 saturated heterocycles. The number of rotatable bonds is 3. The predicted molar refractivity (Wildman–Crippen MR) is 85.3 cm³/mol. The fourth-order valence-electron chi connectivity index (χ4n) is 2.43. The van der Waals surface area contributed by atoms with E-state index in [1.807, 2.05) is 55.5 Å². The third-order valence-corrected chi connectivity index (χ3v) is 3.48. The summed E-state index contributed by atoms with van der Waals surface area (Å²) in [6, 6.07) is 17.3. The molecule has 0 aliphatic rings. The first-order valence-corrected chi connectivity index (χ1v) is 6.90. The van der Waals surface area contributed by atoms with E-state index < -0.39 is 0 Å². The summed E-state index contributed by atoms with van der Waals surface area (Å²) in [7, 11) is 0. The van der Waals surface area contributed by atoms with Crippen LogP contribution in [0.3, 0.4) is 0 Å². The summed E-state index contributed by atoms with van der Waals surface area (Å²) in [4.78, 5) is 15.3. The number of amides is 2. The fraction of sp³-hybridized carbons (Fsp3) is 0.118. The Hall–Kier alpha value is -2.75. The molecule has 1 aromatic heterocycles. The number of hydrogen-bond acceptors (Lipinski definition) is 1. The number of benzene rings is 2. The van der Waals surface area contributed by atoms with Crippen molar-refractivity contribution in [2.75, 3.05) is 5.32 Å². The zero-order valence-corrected chi connectivity index (χ0v) is 11.8. The Kier molecular flexibility index (Phi) is 3.60. The number of aromatic nitrogens is 1. The van der Waals surface area contributed by atoms with Gasteiger partial charge in [0.25, 0.3) is 0 Å². The summed E-state index contributed by atoms with van der Waals surface area (Å²) in [6.07, 6.45) is 0. The molecule has 0 saturated carbocycles. The molecule has 0 bridgehead atoms. The maximum Gasteiger partial charge on any atom is 0.319 e. The second-order valence-corrected chi connectivity index (χ2v) is 4.95. The van der Waals surface area contributed by atoms with Crippen LogP contribution in [0.1, 0.15) is 11.3 Å². The van der Waals surface area contributed by atoms with Crippen LogP contribution >= 0.6 is 0 Å². The van der Waals surface area contributed by atoms with Crippen LogP contribution in [0.4, 0.5) is 10.5 Å². The van der Waals surface area contributed by atoms with Crippen molar-refractivity contribution in [1.82, 2.24) is 10.3 Å². The highest BCUT2D eigenvalue weighted by Gasteiger charge is 2.09. The minimum atomic E-state index is -0.203. The van der Waals surface area contributed by atoms with Gasteiger partial charge in [-0.3, -0.25) is 0 Å². The van der Waals surface area contributed by atoms with E-state index in [1.165, 1.54) is 0 Å². The number of aryl methyl sites for hydroxylation is 1. The van der Waals surface area contributed by atoms with Crippen molar-refractivity contribution in [3.63, 3.8) is 0 Å². The summed E-state index contributed by atoms with van der Waals surface area (Å²) >= 11 is 0. The van der Waals surface area contributed by atoms with E-state index in [-0.39, 0.29) is 6.03 Å². The summed E-state index contributed by atoms with van der Waals surface area (Å²) in [5, 5.41) is 6.86. The smallest absolute Gasteiger partial charge is 0.319 e. The zero-order chi connectivity index (χ0) is 14.7. The molecule has 0 spiro atoms. The number of anilines is 1. The number of fused-ring (bicyclic) bond motifs is 1. The average Bonchev–Trinajstić information content (AvgIpc) is 2.81. The van der Waals surface area contributed by atoms with Crippen LogP contribution in [0.2, 0.25) is 0 Å². The van der Waals surface area contributed by atoms with E-state index in [1.54, 1.807) is 0 Å². The Bertz CT molecular complexity index is 762. The van der Waals surface area contributed by atoms with Crippen LogP contribution in [0.5, 0.6) is 0 Å². The van der Waals surface area contributed by atoms with Crippen LogP contribution in [0, 0.1) is 6.92 Å². The molecule has 3 N–H and O–H groups in total. The van der Waals surface area contributed by atoms with Crippen LogP contribution in [0.25, 0.3) is 10.9 Å². The third-order valence-electron chi connectivity index (χ3n) is 3.48. The summed E-state index contributed by atoms with van der Waals surface area (Å²) in [6.45, 7) is 2.51.